The number of aliphatic hydroxyl groups excluding tert-OH is 1. The van der Waals surface area contributed by atoms with Gasteiger partial charge in [0.15, 0.2) is 16.6 Å². The number of methoxy groups -OCH3 is 1. The molecule has 1 aromatic heterocycles. The summed E-state index contributed by atoms with van der Waals surface area (Å²) in [6.45, 7) is 7.24. The number of ether oxygens (including phenoxy) is 2. The van der Waals surface area contributed by atoms with Crippen LogP contribution in [0.15, 0.2) is 59.8 Å². The molecule has 170 valence electrons. The number of thiazole rings is 1. The van der Waals surface area contributed by atoms with Gasteiger partial charge in [-0.1, -0.05) is 32.1 Å². The largest absolute Gasteiger partial charge is 0.493 e. The molecule has 0 bridgehead atoms. The van der Waals surface area contributed by atoms with Crippen LogP contribution in [0.4, 0.5) is 5.13 Å². The Morgan fingerprint density at radius 3 is 2.84 bits per heavy atom. The average Bonchev–Trinajstić information content (AvgIpc) is 3.18. The molecule has 2 heterocycles. The van der Waals surface area contributed by atoms with Crippen molar-refractivity contribution >= 4 is 16.5 Å². The minimum Gasteiger partial charge on any atom is -0.493 e. The van der Waals surface area contributed by atoms with Gasteiger partial charge in [0.2, 0.25) is 0 Å². The van der Waals surface area contributed by atoms with E-state index in [2.05, 4.69) is 54.6 Å². The molecule has 1 aliphatic heterocycles. The number of rotatable bonds is 7. The predicted molar refractivity (Wildman–Crippen MR) is 129 cm³/mol. The first-order valence-corrected chi connectivity index (χ1v) is 11.7. The van der Waals surface area contributed by atoms with Crippen molar-refractivity contribution in [1.82, 2.24) is 10.3 Å². The number of nitrogens with one attached hydrogen (secondary N) is 2. The maximum absolute atomic E-state index is 10.7. The molecule has 4 rings (SSSR count). The van der Waals surface area contributed by atoms with E-state index in [4.69, 9.17) is 9.47 Å². The van der Waals surface area contributed by atoms with E-state index in [0.29, 0.717) is 23.1 Å². The number of allylic oxidation sites excluding steroid dienone is 5. The quantitative estimate of drug-likeness (QED) is 0.526. The predicted octanol–water partition coefficient (Wildman–Crippen LogP) is 4.75. The number of hydrogen-bond acceptors (Lipinski definition) is 7. The van der Waals surface area contributed by atoms with Crippen LogP contribution in [0.1, 0.15) is 38.3 Å². The van der Waals surface area contributed by atoms with Crippen molar-refractivity contribution in [3.8, 4) is 11.5 Å². The molecule has 0 saturated carbocycles. The summed E-state index contributed by atoms with van der Waals surface area (Å²) in [6, 6.07) is 4.11. The van der Waals surface area contributed by atoms with Crippen LogP contribution in [-0.2, 0) is 12.0 Å². The van der Waals surface area contributed by atoms with Gasteiger partial charge in [0, 0.05) is 35.5 Å². The van der Waals surface area contributed by atoms with Gasteiger partial charge >= 0.3 is 0 Å². The summed E-state index contributed by atoms with van der Waals surface area (Å²) in [6.07, 6.45) is 12.6. The molecule has 32 heavy (non-hydrogen) atoms. The van der Waals surface area contributed by atoms with Crippen molar-refractivity contribution in [1.29, 1.82) is 0 Å². The molecule has 7 heteroatoms. The van der Waals surface area contributed by atoms with E-state index < -0.39 is 11.8 Å². The first kappa shape index (κ1) is 22.6. The van der Waals surface area contributed by atoms with E-state index in [1.807, 2.05) is 29.7 Å². The number of anilines is 1. The molecule has 0 radical (unpaired) electrons. The summed E-state index contributed by atoms with van der Waals surface area (Å²) < 4.78 is 11.9. The minimum atomic E-state index is -0.740. The normalized spacial score (nSPS) is 22.5. The highest BCUT2D eigenvalue weighted by molar-refractivity contribution is 7.13. The second-order valence-electron chi connectivity index (χ2n) is 9.06. The molecule has 2 aliphatic rings. The highest BCUT2D eigenvalue weighted by Gasteiger charge is 2.35. The van der Waals surface area contributed by atoms with Crippen LogP contribution >= 0.6 is 11.3 Å². The number of aliphatic hydroxyl groups is 1. The summed E-state index contributed by atoms with van der Waals surface area (Å²) >= 11 is 1.47. The molecule has 2 unspecified atom stereocenters. The van der Waals surface area contributed by atoms with E-state index in [1.165, 1.54) is 16.9 Å². The number of fused-ring (bicyclic) bond motifs is 1. The third-order valence-electron chi connectivity index (χ3n) is 5.91. The molecule has 2 atom stereocenters. The Balaban J connectivity index is 1.62. The fourth-order valence-corrected chi connectivity index (χ4v) is 4.76. The van der Waals surface area contributed by atoms with E-state index in [9.17, 15) is 5.11 Å². The van der Waals surface area contributed by atoms with Crippen LogP contribution in [0.25, 0.3) is 0 Å². The Hall–Kier alpha value is -2.61. The van der Waals surface area contributed by atoms with Crippen LogP contribution in [0.2, 0.25) is 0 Å². The SMILES string of the molecule is COc1cc2c(cc1OC1=CC=CC(C)(C)C=C1)C(C)(CC(O)Nc1nccs1)NCC2. The number of hydrogen-bond donors (Lipinski definition) is 3. The van der Waals surface area contributed by atoms with Crippen LogP contribution < -0.4 is 20.1 Å². The zero-order chi connectivity index (χ0) is 22.8. The zero-order valence-corrected chi connectivity index (χ0v) is 19.8. The lowest BCUT2D eigenvalue weighted by atomic mass is 9.80. The van der Waals surface area contributed by atoms with Crippen LogP contribution in [0.5, 0.6) is 11.5 Å². The topological polar surface area (TPSA) is 75.6 Å². The molecule has 1 aromatic carbocycles. The molecule has 2 aromatic rings. The summed E-state index contributed by atoms with van der Waals surface area (Å²) in [4.78, 5) is 4.21. The number of benzene rings is 1. The van der Waals surface area contributed by atoms with E-state index in [-0.39, 0.29) is 5.41 Å². The molecule has 1 aliphatic carbocycles. The van der Waals surface area contributed by atoms with E-state index >= 15 is 0 Å². The highest BCUT2D eigenvalue weighted by Crippen LogP contribution is 2.40. The first-order valence-electron chi connectivity index (χ1n) is 10.9. The molecular formula is C25H31N3O3S. The third kappa shape index (κ3) is 5.06. The van der Waals surface area contributed by atoms with Gasteiger partial charge in [-0.2, -0.15) is 0 Å². The van der Waals surface area contributed by atoms with Crippen LogP contribution in [0.3, 0.4) is 0 Å². The Bertz CT molecular complexity index is 1040. The van der Waals surface area contributed by atoms with E-state index in [0.717, 1.165) is 24.3 Å². The molecule has 0 spiro atoms. The maximum Gasteiger partial charge on any atom is 0.184 e. The third-order valence-corrected chi connectivity index (χ3v) is 6.61. The Morgan fingerprint density at radius 1 is 1.25 bits per heavy atom. The van der Waals surface area contributed by atoms with Crippen molar-refractivity contribution in [3.63, 3.8) is 0 Å². The monoisotopic (exact) mass is 453 g/mol. The fraction of sp³-hybridized carbons (Fsp3) is 0.400. The molecule has 6 nitrogen and oxygen atoms in total. The first-order chi connectivity index (χ1) is 15.3. The van der Waals surface area contributed by atoms with Crippen molar-refractivity contribution in [2.45, 2.75) is 45.4 Å². The lowest BCUT2D eigenvalue weighted by Crippen LogP contribution is -2.48. The lowest BCUT2D eigenvalue weighted by molar-refractivity contribution is 0.142. The van der Waals surface area contributed by atoms with Gasteiger partial charge in [-0.25, -0.2) is 4.98 Å². The average molecular weight is 454 g/mol. The molecular weight excluding hydrogens is 422 g/mol. The highest BCUT2D eigenvalue weighted by atomic mass is 32.1. The smallest absolute Gasteiger partial charge is 0.184 e. The molecule has 0 saturated heterocycles. The second-order valence-corrected chi connectivity index (χ2v) is 9.95. The lowest BCUT2D eigenvalue weighted by Gasteiger charge is -2.39. The summed E-state index contributed by atoms with van der Waals surface area (Å²) in [7, 11) is 1.66. The Kier molecular flexibility index (Phi) is 6.42. The van der Waals surface area contributed by atoms with Gasteiger partial charge in [-0.3, -0.25) is 0 Å². The summed E-state index contributed by atoms with van der Waals surface area (Å²) in [5.74, 6) is 2.12. The minimum absolute atomic E-state index is 0.0232. The van der Waals surface area contributed by atoms with Crippen molar-refractivity contribution in [3.05, 3.63) is 71.0 Å². The molecule has 0 fully saturated rings. The van der Waals surface area contributed by atoms with Gasteiger partial charge in [-0.15, -0.1) is 11.3 Å². The van der Waals surface area contributed by atoms with Crippen LogP contribution in [-0.4, -0.2) is 30.0 Å². The summed E-state index contributed by atoms with van der Waals surface area (Å²) in [5.41, 5.74) is 1.85. The molecule has 3 N–H and O–H groups in total. The van der Waals surface area contributed by atoms with Crippen molar-refractivity contribution in [2.24, 2.45) is 5.41 Å². The Morgan fingerprint density at radius 2 is 2.09 bits per heavy atom. The molecule has 0 amide bonds. The van der Waals surface area contributed by atoms with Gasteiger partial charge in [0.25, 0.3) is 0 Å². The Labute approximate surface area is 193 Å². The number of nitrogens with zero attached hydrogens (tertiary/aromatic N) is 1. The summed E-state index contributed by atoms with van der Waals surface area (Å²) in [5, 5.41) is 20.0. The van der Waals surface area contributed by atoms with Gasteiger partial charge < -0.3 is 25.2 Å². The maximum atomic E-state index is 10.7. The van der Waals surface area contributed by atoms with Crippen molar-refractivity contribution < 1.29 is 14.6 Å². The zero-order valence-electron chi connectivity index (χ0n) is 19.0. The van der Waals surface area contributed by atoms with Gasteiger partial charge in [-0.05, 0) is 48.8 Å². The second kappa shape index (κ2) is 9.10. The number of aromatic nitrogens is 1. The van der Waals surface area contributed by atoms with E-state index in [1.54, 1.807) is 13.3 Å². The van der Waals surface area contributed by atoms with Gasteiger partial charge in [0.05, 0.1) is 7.11 Å². The standard InChI is InChI=1S/C25H31N3O3S/c1-24(2)9-5-6-18(7-10-24)31-21-15-19-17(14-20(21)30-4)8-11-27-25(19,3)16-22(29)28-23-26-12-13-32-23/h5-7,9-10,12-15,22,27,29H,8,11,16H2,1-4H3,(H,26,28). The van der Waals surface area contributed by atoms with Crippen LogP contribution in [0, 0.1) is 5.41 Å². The van der Waals surface area contributed by atoms with Gasteiger partial charge in [0.1, 0.15) is 12.0 Å². The van der Waals surface area contributed by atoms with Crippen molar-refractivity contribution in [2.75, 3.05) is 19.0 Å². The fourth-order valence-electron chi connectivity index (χ4n) is 4.18.